The average molecular weight is 297 g/mol. The van der Waals surface area contributed by atoms with E-state index < -0.39 is 0 Å². The fourth-order valence-electron chi connectivity index (χ4n) is 2.26. The molecule has 2 nitrogen and oxygen atoms in total. The van der Waals surface area contributed by atoms with Crippen molar-refractivity contribution >= 4 is 11.6 Å². The Morgan fingerprint density at radius 1 is 0.783 bits per heavy atom. The smallest absolute Gasteiger partial charge is 0.128 e. The van der Waals surface area contributed by atoms with Crippen molar-refractivity contribution in [2.75, 3.05) is 0 Å². The standard InChI is InChI=1S/C21H15NO/c22-16-19(18-9-3-1-4-10-18)14-17-8-7-13-21(15-17)23-20-11-5-2-6-12-20/h1-15H/b19-14-. The molecule has 0 aliphatic carbocycles. The van der Waals surface area contributed by atoms with Gasteiger partial charge >= 0.3 is 0 Å². The van der Waals surface area contributed by atoms with Gasteiger partial charge in [0.1, 0.15) is 11.5 Å². The van der Waals surface area contributed by atoms with Crippen molar-refractivity contribution in [3.8, 4) is 17.6 Å². The SMILES string of the molecule is N#C/C(=C/c1cccc(Oc2ccccc2)c1)c1ccccc1. The molecule has 3 aromatic carbocycles. The van der Waals surface area contributed by atoms with Gasteiger partial charge in [0, 0.05) is 0 Å². The van der Waals surface area contributed by atoms with Gasteiger partial charge in [0.25, 0.3) is 0 Å². The monoisotopic (exact) mass is 297 g/mol. The van der Waals surface area contributed by atoms with Gasteiger partial charge in [-0.15, -0.1) is 0 Å². The Bertz CT molecular complexity index is 846. The summed E-state index contributed by atoms with van der Waals surface area (Å²) in [7, 11) is 0. The van der Waals surface area contributed by atoms with E-state index in [-0.39, 0.29) is 0 Å². The summed E-state index contributed by atoms with van der Waals surface area (Å²) in [6.07, 6.45) is 1.87. The Labute approximate surface area is 135 Å². The normalized spacial score (nSPS) is 10.8. The van der Waals surface area contributed by atoms with Crippen LogP contribution in [0, 0.1) is 11.3 Å². The summed E-state index contributed by atoms with van der Waals surface area (Å²) in [6.45, 7) is 0. The minimum atomic E-state index is 0.627. The molecule has 0 unspecified atom stereocenters. The molecule has 2 heteroatoms. The highest BCUT2D eigenvalue weighted by Gasteiger charge is 2.02. The molecular formula is C21H15NO. The van der Waals surface area contributed by atoms with Crippen LogP contribution >= 0.6 is 0 Å². The maximum atomic E-state index is 9.40. The average Bonchev–Trinajstić information content (AvgIpc) is 2.62. The molecule has 0 aliphatic heterocycles. The van der Waals surface area contributed by atoms with Gasteiger partial charge in [0.15, 0.2) is 0 Å². The minimum absolute atomic E-state index is 0.627. The third kappa shape index (κ3) is 3.87. The molecule has 3 rings (SSSR count). The molecule has 23 heavy (non-hydrogen) atoms. The quantitative estimate of drug-likeness (QED) is 0.467. The molecule has 0 atom stereocenters. The largest absolute Gasteiger partial charge is 0.457 e. The van der Waals surface area contributed by atoms with Gasteiger partial charge < -0.3 is 4.74 Å². The fraction of sp³-hybridized carbons (Fsp3) is 0. The maximum Gasteiger partial charge on any atom is 0.128 e. The Morgan fingerprint density at radius 2 is 1.43 bits per heavy atom. The maximum absolute atomic E-state index is 9.40. The van der Waals surface area contributed by atoms with Gasteiger partial charge in [-0.1, -0.05) is 60.7 Å². The molecule has 0 amide bonds. The fourth-order valence-corrected chi connectivity index (χ4v) is 2.26. The van der Waals surface area contributed by atoms with Gasteiger partial charge in [-0.2, -0.15) is 5.26 Å². The Balaban J connectivity index is 1.88. The van der Waals surface area contributed by atoms with E-state index in [1.807, 2.05) is 91.0 Å². The lowest BCUT2D eigenvalue weighted by atomic mass is 10.0. The summed E-state index contributed by atoms with van der Waals surface area (Å²) in [5.74, 6) is 1.53. The highest BCUT2D eigenvalue weighted by Crippen LogP contribution is 2.24. The van der Waals surface area contributed by atoms with E-state index in [2.05, 4.69) is 6.07 Å². The first-order valence-corrected chi connectivity index (χ1v) is 7.35. The molecule has 0 saturated carbocycles. The molecule has 0 N–H and O–H groups in total. The number of ether oxygens (including phenoxy) is 1. The number of rotatable bonds is 4. The number of nitrogens with zero attached hydrogens (tertiary/aromatic N) is 1. The number of nitriles is 1. The van der Waals surface area contributed by atoms with Gasteiger partial charge in [-0.3, -0.25) is 0 Å². The first kappa shape index (κ1) is 14.6. The Morgan fingerprint density at radius 3 is 2.13 bits per heavy atom. The second kappa shape index (κ2) is 7.11. The highest BCUT2D eigenvalue weighted by atomic mass is 16.5. The van der Waals surface area contributed by atoms with Crippen LogP contribution < -0.4 is 4.74 Å². The number of benzene rings is 3. The summed E-state index contributed by atoms with van der Waals surface area (Å²) in [5.41, 5.74) is 2.46. The van der Waals surface area contributed by atoms with Gasteiger partial charge in [0.05, 0.1) is 11.6 Å². The minimum Gasteiger partial charge on any atom is -0.457 e. The van der Waals surface area contributed by atoms with Crippen LogP contribution in [0.15, 0.2) is 84.9 Å². The molecule has 0 saturated heterocycles. The van der Waals surface area contributed by atoms with Crippen molar-refractivity contribution in [1.29, 1.82) is 5.26 Å². The molecule has 0 heterocycles. The van der Waals surface area contributed by atoms with Crippen molar-refractivity contribution < 1.29 is 4.74 Å². The third-order valence-electron chi connectivity index (χ3n) is 3.35. The second-order valence-electron chi connectivity index (χ2n) is 5.02. The van der Waals surface area contributed by atoms with Crippen molar-refractivity contribution in [1.82, 2.24) is 0 Å². The van der Waals surface area contributed by atoms with Crippen LogP contribution in [-0.2, 0) is 0 Å². The number of allylic oxidation sites excluding steroid dienone is 1. The third-order valence-corrected chi connectivity index (χ3v) is 3.35. The predicted octanol–water partition coefficient (Wildman–Crippen LogP) is 5.54. The van der Waals surface area contributed by atoms with E-state index >= 15 is 0 Å². The van der Waals surface area contributed by atoms with Crippen LogP contribution in [0.2, 0.25) is 0 Å². The summed E-state index contributed by atoms with van der Waals surface area (Å²) >= 11 is 0. The molecule has 110 valence electrons. The molecule has 0 radical (unpaired) electrons. The van der Waals surface area contributed by atoms with E-state index in [1.165, 1.54) is 0 Å². The first-order chi connectivity index (χ1) is 11.3. The van der Waals surface area contributed by atoms with Crippen LogP contribution in [0.3, 0.4) is 0 Å². The predicted molar refractivity (Wildman–Crippen MR) is 92.9 cm³/mol. The molecular weight excluding hydrogens is 282 g/mol. The van der Waals surface area contributed by atoms with E-state index in [1.54, 1.807) is 0 Å². The van der Waals surface area contributed by atoms with Gasteiger partial charge in [0.2, 0.25) is 0 Å². The number of para-hydroxylation sites is 1. The second-order valence-corrected chi connectivity index (χ2v) is 5.02. The topological polar surface area (TPSA) is 33.0 Å². The van der Waals surface area contributed by atoms with Crippen molar-refractivity contribution in [2.45, 2.75) is 0 Å². The van der Waals surface area contributed by atoms with Gasteiger partial charge in [-0.05, 0) is 41.5 Å². The van der Waals surface area contributed by atoms with Crippen LogP contribution in [0.25, 0.3) is 11.6 Å². The zero-order chi connectivity index (χ0) is 15.9. The molecule has 0 aliphatic rings. The van der Waals surface area contributed by atoms with E-state index in [4.69, 9.17) is 4.74 Å². The van der Waals surface area contributed by atoms with E-state index in [0.29, 0.717) is 5.57 Å². The summed E-state index contributed by atoms with van der Waals surface area (Å²) < 4.78 is 5.83. The number of hydrogen-bond donors (Lipinski definition) is 0. The molecule has 0 spiro atoms. The van der Waals surface area contributed by atoms with Gasteiger partial charge in [-0.25, -0.2) is 0 Å². The lowest BCUT2D eigenvalue weighted by molar-refractivity contribution is 0.482. The van der Waals surface area contributed by atoms with Crippen LogP contribution in [0.1, 0.15) is 11.1 Å². The molecule has 0 bridgehead atoms. The van der Waals surface area contributed by atoms with E-state index in [9.17, 15) is 5.26 Å². The van der Waals surface area contributed by atoms with Crippen LogP contribution in [0.4, 0.5) is 0 Å². The summed E-state index contributed by atoms with van der Waals surface area (Å²) in [6, 6.07) is 29.2. The highest BCUT2D eigenvalue weighted by molar-refractivity contribution is 5.89. The lowest BCUT2D eigenvalue weighted by Crippen LogP contribution is -1.85. The van der Waals surface area contributed by atoms with Crippen molar-refractivity contribution in [3.63, 3.8) is 0 Å². The molecule has 0 aromatic heterocycles. The van der Waals surface area contributed by atoms with Crippen LogP contribution in [-0.4, -0.2) is 0 Å². The first-order valence-electron chi connectivity index (χ1n) is 7.35. The zero-order valence-corrected chi connectivity index (χ0v) is 12.5. The van der Waals surface area contributed by atoms with E-state index in [0.717, 1.165) is 22.6 Å². The lowest BCUT2D eigenvalue weighted by Gasteiger charge is -2.06. The zero-order valence-electron chi connectivity index (χ0n) is 12.5. The van der Waals surface area contributed by atoms with Crippen LogP contribution in [0.5, 0.6) is 11.5 Å². The molecule has 3 aromatic rings. The summed E-state index contributed by atoms with van der Waals surface area (Å²) in [4.78, 5) is 0. The van der Waals surface area contributed by atoms with Crippen molar-refractivity contribution in [3.05, 3.63) is 96.1 Å². The molecule has 0 fully saturated rings. The Hall–Kier alpha value is -3.31. The number of hydrogen-bond acceptors (Lipinski definition) is 2. The van der Waals surface area contributed by atoms with Crippen molar-refractivity contribution in [2.24, 2.45) is 0 Å². The Kier molecular flexibility index (Phi) is 4.52. The summed E-state index contributed by atoms with van der Waals surface area (Å²) in [5, 5.41) is 9.40.